The molecule has 2 aromatic heterocycles. The van der Waals surface area contributed by atoms with Crippen LogP contribution in [0.2, 0.25) is 0 Å². The molecule has 0 aliphatic heterocycles. The lowest BCUT2D eigenvalue weighted by molar-refractivity contribution is 0.0954. The summed E-state index contributed by atoms with van der Waals surface area (Å²) >= 11 is 1.29. The molecule has 0 saturated heterocycles. The van der Waals surface area contributed by atoms with Crippen molar-refractivity contribution in [3.63, 3.8) is 0 Å². The third-order valence-electron chi connectivity index (χ3n) is 4.71. The smallest absolute Gasteiger partial charge is 0.261 e. The first-order valence-corrected chi connectivity index (χ1v) is 10.6. The lowest BCUT2D eigenvalue weighted by Gasteiger charge is -2.09. The van der Waals surface area contributed by atoms with Gasteiger partial charge in [-0.3, -0.25) is 9.48 Å². The summed E-state index contributed by atoms with van der Waals surface area (Å²) in [5.74, 6) is 0.122. The predicted octanol–water partition coefficient (Wildman–Crippen LogP) is 4.94. The van der Waals surface area contributed by atoms with Gasteiger partial charge in [0.05, 0.1) is 11.1 Å². The Morgan fingerprint density at radius 1 is 1.20 bits per heavy atom. The molecule has 0 spiro atoms. The number of rotatable bonds is 8. The van der Waals surface area contributed by atoms with Crippen molar-refractivity contribution >= 4 is 27.3 Å². The molecule has 1 amide bonds. The molecule has 5 nitrogen and oxygen atoms in total. The molecule has 2 aromatic carbocycles. The first-order chi connectivity index (χ1) is 14.6. The minimum Gasteiger partial charge on any atom is -0.489 e. The van der Waals surface area contributed by atoms with Gasteiger partial charge in [-0.2, -0.15) is 5.10 Å². The van der Waals surface area contributed by atoms with Crippen molar-refractivity contribution in [2.24, 2.45) is 0 Å². The van der Waals surface area contributed by atoms with Gasteiger partial charge in [-0.05, 0) is 43.2 Å². The lowest BCUT2D eigenvalue weighted by atomic mass is 10.1. The summed E-state index contributed by atoms with van der Waals surface area (Å²) in [6, 6.07) is 14.2. The van der Waals surface area contributed by atoms with E-state index < -0.39 is 0 Å². The SMILES string of the molecule is Cc1cnn(CCCNC(=O)c2sc3cccc(F)c3c2COc2ccccc2)c1. The number of para-hydroxylation sites is 1. The van der Waals surface area contributed by atoms with Gasteiger partial charge in [0.1, 0.15) is 18.2 Å². The molecule has 4 aromatic rings. The van der Waals surface area contributed by atoms with E-state index >= 15 is 0 Å². The maximum atomic E-state index is 14.6. The number of fused-ring (bicyclic) bond motifs is 1. The van der Waals surface area contributed by atoms with E-state index in [2.05, 4.69) is 10.4 Å². The van der Waals surface area contributed by atoms with E-state index in [0.717, 1.165) is 23.2 Å². The van der Waals surface area contributed by atoms with Crippen LogP contribution in [0.25, 0.3) is 10.1 Å². The Morgan fingerprint density at radius 3 is 2.80 bits per heavy atom. The van der Waals surface area contributed by atoms with Crippen LogP contribution in [-0.2, 0) is 13.2 Å². The zero-order chi connectivity index (χ0) is 20.9. The molecule has 0 bridgehead atoms. The Morgan fingerprint density at radius 2 is 2.03 bits per heavy atom. The normalized spacial score (nSPS) is 11.0. The van der Waals surface area contributed by atoms with E-state index in [1.807, 2.05) is 60.4 Å². The fourth-order valence-corrected chi connectivity index (χ4v) is 4.41. The largest absolute Gasteiger partial charge is 0.489 e. The molecule has 0 atom stereocenters. The third kappa shape index (κ3) is 4.52. The van der Waals surface area contributed by atoms with Crippen LogP contribution in [-0.4, -0.2) is 22.2 Å². The van der Waals surface area contributed by atoms with Gasteiger partial charge < -0.3 is 10.1 Å². The first-order valence-electron chi connectivity index (χ1n) is 9.77. The minimum absolute atomic E-state index is 0.125. The maximum Gasteiger partial charge on any atom is 0.261 e. The molecule has 30 heavy (non-hydrogen) atoms. The average molecular weight is 424 g/mol. The number of aromatic nitrogens is 2. The molecule has 7 heteroatoms. The monoisotopic (exact) mass is 423 g/mol. The van der Waals surface area contributed by atoms with Crippen molar-refractivity contribution < 1.29 is 13.9 Å². The van der Waals surface area contributed by atoms with Gasteiger partial charge in [0, 0.05) is 34.9 Å². The van der Waals surface area contributed by atoms with Crippen molar-refractivity contribution in [2.75, 3.05) is 6.54 Å². The number of amides is 1. The standard InChI is InChI=1S/C23H22FN3O2S/c1-16-13-26-27(14-16)12-6-11-25-23(28)22-18(15-29-17-7-3-2-4-8-17)21-19(24)9-5-10-20(21)30-22/h2-5,7-10,13-14H,6,11-12,15H2,1H3,(H,25,28). The second-order valence-electron chi connectivity index (χ2n) is 7.01. The van der Waals surface area contributed by atoms with Gasteiger partial charge in [0.2, 0.25) is 0 Å². The lowest BCUT2D eigenvalue weighted by Crippen LogP contribution is -2.25. The van der Waals surface area contributed by atoms with Gasteiger partial charge in [0.25, 0.3) is 5.91 Å². The number of hydrogen-bond donors (Lipinski definition) is 1. The molecule has 0 fully saturated rings. The van der Waals surface area contributed by atoms with Crippen molar-refractivity contribution in [3.05, 3.63) is 82.7 Å². The second-order valence-corrected chi connectivity index (χ2v) is 8.07. The summed E-state index contributed by atoms with van der Waals surface area (Å²) in [7, 11) is 0. The molecule has 2 heterocycles. The Labute approximate surface area is 178 Å². The summed E-state index contributed by atoms with van der Waals surface area (Å²) in [6.07, 6.45) is 4.53. The summed E-state index contributed by atoms with van der Waals surface area (Å²) < 4.78 is 23.0. The number of benzene rings is 2. The molecule has 0 radical (unpaired) electrons. The van der Waals surface area contributed by atoms with Gasteiger partial charge >= 0.3 is 0 Å². The fraction of sp³-hybridized carbons (Fsp3) is 0.217. The Kier molecular flexibility index (Phi) is 6.09. The van der Waals surface area contributed by atoms with E-state index in [1.165, 1.54) is 17.4 Å². The van der Waals surface area contributed by atoms with Gasteiger partial charge in [-0.15, -0.1) is 11.3 Å². The van der Waals surface area contributed by atoms with Crippen molar-refractivity contribution in [1.82, 2.24) is 15.1 Å². The van der Waals surface area contributed by atoms with Crippen molar-refractivity contribution in [3.8, 4) is 5.75 Å². The van der Waals surface area contributed by atoms with Gasteiger partial charge in [-0.1, -0.05) is 24.3 Å². The number of thiophene rings is 1. The zero-order valence-corrected chi connectivity index (χ0v) is 17.4. The Bertz CT molecular complexity index is 1150. The highest BCUT2D eigenvalue weighted by atomic mass is 32.1. The molecule has 0 saturated carbocycles. The van der Waals surface area contributed by atoms with E-state index in [-0.39, 0.29) is 18.3 Å². The molecular weight excluding hydrogens is 401 g/mol. The topological polar surface area (TPSA) is 56.2 Å². The number of aryl methyl sites for hydroxylation is 2. The summed E-state index contributed by atoms with van der Waals surface area (Å²) in [4.78, 5) is 13.4. The highest BCUT2D eigenvalue weighted by Gasteiger charge is 2.21. The van der Waals surface area contributed by atoms with Crippen LogP contribution in [0.5, 0.6) is 5.75 Å². The third-order valence-corrected chi connectivity index (χ3v) is 5.90. The van der Waals surface area contributed by atoms with Crippen LogP contribution >= 0.6 is 11.3 Å². The number of nitrogens with one attached hydrogen (secondary N) is 1. The van der Waals surface area contributed by atoms with Crippen LogP contribution in [0.4, 0.5) is 4.39 Å². The van der Waals surface area contributed by atoms with Crippen molar-refractivity contribution in [1.29, 1.82) is 0 Å². The quantitative estimate of drug-likeness (QED) is 0.408. The number of halogens is 1. The highest BCUT2D eigenvalue weighted by molar-refractivity contribution is 7.21. The van der Waals surface area contributed by atoms with Crippen molar-refractivity contribution in [2.45, 2.75) is 26.5 Å². The van der Waals surface area contributed by atoms with Crippen LogP contribution in [0.3, 0.4) is 0 Å². The molecule has 0 unspecified atom stereocenters. The van der Waals surface area contributed by atoms with Crippen LogP contribution in [0.1, 0.15) is 27.2 Å². The molecule has 0 aliphatic rings. The fourth-order valence-electron chi connectivity index (χ4n) is 3.27. The molecule has 4 rings (SSSR count). The van der Waals surface area contributed by atoms with E-state index in [0.29, 0.717) is 28.1 Å². The summed E-state index contributed by atoms with van der Waals surface area (Å²) in [6.45, 7) is 3.35. The van der Waals surface area contributed by atoms with Gasteiger partial charge in [-0.25, -0.2) is 4.39 Å². The van der Waals surface area contributed by atoms with Crippen LogP contribution < -0.4 is 10.1 Å². The van der Waals surface area contributed by atoms with E-state index in [9.17, 15) is 9.18 Å². The van der Waals surface area contributed by atoms with Crippen LogP contribution in [0, 0.1) is 12.7 Å². The second kappa shape index (κ2) is 9.09. The number of carbonyl (C=O) groups excluding carboxylic acids is 1. The maximum absolute atomic E-state index is 14.6. The number of nitrogens with zero attached hydrogens (tertiary/aromatic N) is 2. The van der Waals surface area contributed by atoms with Gasteiger partial charge in [0.15, 0.2) is 0 Å². The average Bonchev–Trinajstić information content (AvgIpc) is 3.34. The molecular formula is C23H22FN3O2S. The Hall–Kier alpha value is -3.19. The predicted molar refractivity (Wildman–Crippen MR) is 116 cm³/mol. The molecule has 1 N–H and O–H groups in total. The molecule has 154 valence electrons. The first kappa shape index (κ1) is 20.1. The van der Waals surface area contributed by atoms with E-state index in [1.54, 1.807) is 6.07 Å². The number of hydrogen-bond acceptors (Lipinski definition) is 4. The zero-order valence-electron chi connectivity index (χ0n) is 16.6. The minimum atomic E-state index is -0.344. The highest BCUT2D eigenvalue weighted by Crippen LogP contribution is 2.34. The summed E-state index contributed by atoms with van der Waals surface area (Å²) in [5, 5.41) is 7.65. The van der Waals surface area contributed by atoms with Crippen LogP contribution in [0.15, 0.2) is 60.9 Å². The number of carbonyl (C=O) groups is 1. The van der Waals surface area contributed by atoms with E-state index in [4.69, 9.17) is 4.74 Å². The molecule has 0 aliphatic carbocycles. The summed E-state index contributed by atoms with van der Waals surface area (Å²) in [5.41, 5.74) is 1.69. The number of ether oxygens (including phenoxy) is 1. The Balaban J connectivity index is 1.48.